The average molecular weight is 354 g/mol. The third kappa shape index (κ3) is 3.75. The normalized spacial score (nSPS) is 10.8. The van der Waals surface area contributed by atoms with Crippen LogP contribution in [0.5, 0.6) is 0 Å². The van der Waals surface area contributed by atoms with Gasteiger partial charge < -0.3 is 15.0 Å². The average Bonchev–Trinajstić information content (AvgIpc) is 2.61. The van der Waals surface area contributed by atoms with Crippen molar-refractivity contribution in [3.05, 3.63) is 70.0 Å². The fraction of sp³-hybridized carbons (Fsp3) is 0.158. The number of pyridine rings is 1. The SMILES string of the molecule is COCc1cc(=O)[nH]c2cc(NC(=O)c3ccccc3SC)ccc12. The van der Waals surface area contributed by atoms with Crippen molar-refractivity contribution in [2.75, 3.05) is 18.7 Å². The maximum atomic E-state index is 12.5. The predicted octanol–water partition coefficient (Wildman–Crippen LogP) is 3.65. The van der Waals surface area contributed by atoms with Crippen LogP contribution in [0, 0.1) is 0 Å². The third-order valence-corrected chi connectivity index (χ3v) is 4.63. The summed E-state index contributed by atoms with van der Waals surface area (Å²) in [6.07, 6.45) is 1.93. The van der Waals surface area contributed by atoms with Gasteiger partial charge in [0.2, 0.25) is 5.56 Å². The number of anilines is 1. The van der Waals surface area contributed by atoms with E-state index < -0.39 is 0 Å². The largest absolute Gasteiger partial charge is 0.380 e. The molecule has 0 saturated carbocycles. The zero-order valence-corrected chi connectivity index (χ0v) is 14.8. The van der Waals surface area contributed by atoms with Gasteiger partial charge in [0.25, 0.3) is 5.91 Å². The molecular weight excluding hydrogens is 336 g/mol. The van der Waals surface area contributed by atoms with E-state index in [1.54, 1.807) is 19.2 Å². The summed E-state index contributed by atoms with van der Waals surface area (Å²) in [7, 11) is 1.59. The van der Waals surface area contributed by atoms with Crippen molar-refractivity contribution in [1.29, 1.82) is 0 Å². The Kier molecular flexibility index (Phi) is 5.21. The van der Waals surface area contributed by atoms with E-state index in [2.05, 4.69) is 10.3 Å². The summed E-state index contributed by atoms with van der Waals surface area (Å²) in [5, 5.41) is 3.78. The van der Waals surface area contributed by atoms with E-state index in [0.29, 0.717) is 23.4 Å². The van der Waals surface area contributed by atoms with Crippen molar-refractivity contribution in [3.63, 3.8) is 0 Å². The number of fused-ring (bicyclic) bond motifs is 1. The number of methoxy groups -OCH3 is 1. The Morgan fingerprint density at radius 1 is 1.20 bits per heavy atom. The zero-order chi connectivity index (χ0) is 17.8. The van der Waals surface area contributed by atoms with Gasteiger partial charge in [0.15, 0.2) is 0 Å². The van der Waals surface area contributed by atoms with E-state index >= 15 is 0 Å². The number of H-pyrrole nitrogens is 1. The first-order valence-electron chi connectivity index (χ1n) is 7.71. The highest BCUT2D eigenvalue weighted by Gasteiger charge is 2.11. The lowest BCUT2D eigenvalue weighted by Gasteiger charge is -2.10. The van der Waals surface area contributed by atoms with Crippen molar-refractivity contribution >= 4 is 34.3 Å². The van der Waals surface area contributed by atoms with Gasteiger partial charge in [0.05, 0.1) is 17.7 Å². The zero-order valence-electron chi connectivity index (χ0n) is 14.0. The number of hydrogen-bond acceptors (Lipinski definition) is 4. The van der Waals surface area contributed by atoms with Crippen LogP contribution in [0.15, 0.2) is 58.2 Å². The molecule has 0 fully saturated rings. The van der Waals surface area contributed by atoms with E-state index in [1.807, 2.05) is 36.6 Å². The van der Waals surface area contributed by atoms with Crippen LogP contribution in [0.25, 0.3) is 10.9 Å². The fourth-order valence-corrected chi connectivity index (χ4v) is 3.31. The van der Waals surface area contributed by atoms with Crippen LogP contribution in [-0.2, 0) is 11.3 Å². The first kappa shape index (κ1) is 17.3. The van der Waals surface area contributed by atoms with Crippen molar-refractivity contribution < 1.29 is 9.53 Å². The molecule has 1 heterocycles. The predicted molar refractivity (Wildman–Crippen MR) is 101 cm³/mol. The molecule has 0 atom stereocenters. The molecule has 128 valence electrons. The highest BCUT2D eigenvalue weighted by molar-refractivity contribution is 7.98. The van der Waals surface area contributed by atoms with Gasteiger partial charge in [0, 0.05) is 29.1 Å². The smallest absolute Gasteiger partial charge is 0.256 e. The van der Waals surface area contributed by atoms with Gasteiger partial charge in [-0.2, -0.15) is 0 Å². The first-order valence-corrected chi connectivity index (χ1v) is 8.94. The minimum absolute atomic E-state index is 0.181. The first-order chi connectivity index (χ1) is 12.1. The molecule has 3 aromatic rings. The van der Waals surface area contributed by atoms with Crippen LogP contribution < -0.4 is 10.9 Å². The molecule has 0 aliphatic heterocycles. The van der Waals surface area contributed by atoms with Gasteiger partial charge in [-0.1, -0.05) is 18.2 Å². The second kappa shape index (κ2) is 7.55. The molecule has 0 radical (unpaired) electrons. The van der Waals surface area contributed by atoms with E-state index in [1.165, 1.54) is 17.8 Å². The maximum absolute atomic E-state index is 12.5. The van der Waals surface area contributed by atoms with E-state index in [-0.39, 0.29) is 11.5 Å². The van der Waals surface area contributed by atoms with Gasteiger partial charge in [-0.15, -0.1) is 11.8 Å². The Bertz CT molecular complexity index is 982. The Hall–Kier alpha value is -2.57. The van der Waals surface area contributed by atoms with Crippen molar-refractivity contribution in [2.45, 2.75) is 11.5 Å². The molecule has 1 amide bonds. The number of nitrogens with one attached hydrogen (secondary N) is 2. The molecule has 2 aromatic carbocycles. The number of amides is 1. The van der Waals surface area contributed by atoms with Crippen LogP contribution in [0.4, 0.5) is 5.69 Å². The van der Waals surface area contributed by atoms with Crippen LogP contribution in [0.3, 0.4) is 0 Å². The summed E-state index contributed by atoms with van der Waals surface area (Å²) in [6, 6.07) is 14.4. The molecule has 3 rings (SSSR count). The Labute approximate surface area is 149 Å². The second-order valence-corrected chi connectivity index (χ2v) is 6.35. The third-order valence-electron chi connectivity index (χ3n) is 3.84. The summed E-state index contributed by atoms with van der Waals surface area (Å²) in [5.41, 5.74) is 2.52. The van der Waals surface area contributed by atoms with Crippen molar-refractivity contribution in [2.24, 2.45) is 0 Å². The summed E-state index contributed by atoms with van der Waals surface area (Å²) < 4.78 is 5.14. The Balaban J connectivity index is 1.94. The van der Waals surface area contributed by atoms with Crippen LogP contribution >= 0.6 is 11.8 Å². The lowest BCUT2D eigenvalue weighted by molar-refractivity contribution is 0.102. The Morgan fingerprint density at radius 3 is 2.76 bits per heavy atom. The quantitative estimate of drug-likeness (QED) is 0.686. The van der Waals surface area contributed by atoms with Gasteiger partial charge in [-0.05, 0) is 36.1 Å². The summed E-state index contributed by atoms with van der Waals surface area (Å²) in [5.74, 6) is -0.181. The molecule has 1 aromatic heterocycles. The molecule has 0 spiro atoms. The van der Waals surface area contributed by atoms with Crippen LogP contribution in [-0.4, -0.2) is 24.3 Å². The maximum Gasteiger partial charge on any atom is 0.256 e. The van der Waals surface area contributed by atoms with E-state index in [4.69, 9.17) is 4.74 Å². The monoisotopic (exact) mass is 354 g/mol. The lowest BCUT2D eigenvalue weighted by atomic mass is 10.1. The summed E-state index contributed by atoms with van der Waals surface area (Å²) in [4.78, 5) is 28.1. The fourth-order valence-electron chi connectivity index (χ4n) is 2.72. The molecule has 0 unspecified atom stereocenters. The summed E-state index contributed by atoms with van der Waals surface area (Å²) >= 11 is 1.52. The standard InChI is InChI=1S/C19H18N2O3S/c1-24-11-12-9-18(22)21-16-10-13(7-8-14(12)16)20-19(23)15-5-3-4-6-17(15)25-2/h3-10H,11H2,1-2H3,(H,20,23)(H,21,22). The number of aromatic amines is 1. The van der Waals surface area contributed by atoms with Gasteiger partial charge in [-0.25, -0.2) is 0 Å². The number of thioether (sulfide) groups is 1. The molecule has 0 aliphatic carbocycles. The number of ether oxygens (including phenoxy) is 1. The minimum atomic E-state index is -0.198. The number of rotatable bonds is 5. The highest BCUT2D eigenvalue weighted by Crippen LogP contribution is 2.23. The molecule has 25 heavy (non-hydrogen) atoms. The molecule has 5 nitrogen and oxygen atoms in total. The second-order valence-electron chi connectivity index (χ2n) is 5.51. The number of carbonyl (C=O) groups is 1. The molecule has 0 bridgehead atoms. The Morgan fingerprint density at radius 2 is 2.00 bits per heavy atom. The minimum Gasteiger partial charge on any atom is -0.380 e. The summed E-state index contributed by atoms with van der Waals surface area (Å²) in [6.45, 7) is 0.354. The van der Waals surface area contributed by atoms with Crippen LogP contribution in [0.1, 0.15) is 15.9 Å². The van der Waals surface area contributed by atoms with E-state index in [9.17, 15) is 9.59 Å². The molecular formula is C19H18N2O3S. The topological polar surface area (TPSA) is 71.2 Å². The molecule has 0 aliphatic rings. The van der Waals surface area contributed by atoms with Crippen molar-refractivity contribution in [1.82, 2.24) is 4.98 Å². The highest BCUT2D eigenvalue weighted by atomic mass is 32.2. The number of aromatic nitrogens is 1. The molecule has 0 saturated heterocycles. The van der Waals surface area contributed by atoms with Gasteiger partial charge in [0.1, 0.15) is 0 Å². The van der Waals surface area contributed by atoms with Gasteiger partial charge >= 0.3 is 0 Å². The number of hydrogen-bond donors (Lipinski definition) is 2. The van der Waals surface area contributed by atoms with Gasteiger partial charge in [-0.3, -0.25) is 9.59 Å². The van der Waals surface area contributed by atoms with E-state index in [0.717, 1.165) is 15.8 Å². The lowest BCUT2D eigenvalue weighted by Crippen LogP contribution is -2.13. The molecule has 6 heteroatoms. The number of benzene rings is 2. The van der Waals surface area contributed by atoms with Crippen molar-refractivity contribution in [3.8, 4) is 0 Å². The number of carbonyl (C=O) groups excluding carboxylic acids is 1. The molecule has 2 N–H and O–H groups in total. The van der Waals surface area contributed by atoms with Crippen LogP contribution in [0.2, 0.25) is 0 Å².